The minimum absolute atomic E-state index is 1.23. The van der Waals surface area contributed by atoms with Crippen molar-refractivity contribution in [2.45, 2.75) is 71.1 Å². The van der Waals surface area contributed by atoms with E-state index in [4.69, 9.17) is 0 Å². The van der Waals surface area contributed by atoms with E-state index in [9.17, 15) is 0 Å². The molecule has 1 nitrogen and oxygen atoms in total. The molecule has 0 atom stereocenters. The van der Waals surface area contributed by atoms with Crippen LogP contribution in [0.15, 0.2) is 24.4 Å². The number of hydrogen-bond donors (Lipinski definition) is 0. The molecule has 18 heavy (non-hydrogen) atoms. The number of aryl methyl sites for hydroxylation is 2. The maximum Gasteiger partial charge on any atom is 0.181 e. The largest absolute Gasteiger partial charge is 0.205 e. The molecule has 0 bridgehead atoms. The highest BCUT2D eigenvalue weighted by Crippen LogP contribution is 2.10. The summed E-state index contributed by atoms with van der Waals surface area (Å²) in [4.78, 5) is 0. The molecule has 0 aliphatic heterocycles. The molecule has 1 aromatic rings. The molecular formula is C17H30N+. The van der Waals surface area contributed by atoms with Crippen LogP contribution in [0.2, 0.25) is 0 Å². The molecule has 102 valence electrons. The lowest BCUT2D eigenvalue weighted by Crippen LogP contribution is -2.32. The first kappa shape index (κ1) is 15.2. The molecule has 1 heteroatoms. The standard InChI is InChI=1S/C17H30N/c1-3-4-5-6-7-8-9-10-11-14-17-15-12-13-16-18(17)2/h12-13,15-16H,3-11,14H2,1-2H3/q+1. The highest BCUT2D eigenvalue weighted by Gasteiger charge is 2.03. The van der Waals surface area contributed by atoms with Crippen LogP contribution >= 0.6 is 0 Å². The fourth-order valence-electron chi connectivity index (χ4n) is 2.44. The smallest absolute Gasteiger partial charge is 0.181 e. The van der Waals surface area contributed by atoms with Crippen molar-refractivity contribution < 1.29 is 4.57 Å². The number of pyridine rings is 1. The lowest BCUT2D eigenvalue weighted by molar-refractivity contribution is -0.679. The van der Waals surface area contributed by atoms with Gasteiger partial charge >= 0.3 is 0 Å². The Kier molecular flexibility index (Phi) is 8.54. The van der Waals surface area contributed by atoms with Crippen molar-refractivity contribution >= 4 is 0 Å². The van der Waals surface area contributed by atoms with Crippen molar-refractivity contribution in [3.05, 3.63) is 30.1 Å². The van der Waals surface area contributed by atoms with Crippen molar-refractivity contribution in [1.82, 2.24) is 0 Å². The fourth-order valence-corrected chi connectivity index (χ4v) is 2.44. The second-order valence-corrected chi connectivity index (χ2v) is 5.38. The summed E-state index contributed by atoms with van der Waals surface area (Å²) >= 11 is 0. The van der Waals surface area contributed by atoms with E-state index in [1.165, 1.54) is 69.9 Å². The van der Waals surface area contributed by atoms with Crippen LogP contribution in [0, 0.1) is 0 Å². The fraction of sp³-hybridized carbons (Fsp3) is 0.706. The van der Waals surface area contributed by atoms with Crippen molar-refractivity contribution in [1.29, 1.82) is 0 Å². The average molecular weight is 248 g/mol. The Hall–Kier alpha value is -0.850. The molecule has 0 unspecified atom stereocenters. The zero-order valence-electron chi connectivity index (χ0n) is 12.3. The van der Waals surface area contributed by atoms with Gasteiger partial charge in [0.05, 0.1) is 0 Å². The third kappa shape index (κ3) is 6.78. The van der Waals surface area contributed by atoms with Gasteiger partial charge < -0.3 is 0 Å². The maximum atomic E-state index is 2.28. The Balaban J connectivity index is 1.94. The molecule has 0 fully saturated rings. The molecule has 1 aromatic heterocycles. The molecule has 0 aromatic carbocycles. The van der Waals surface area contributed by atoms with E-state index < -0.39 is 0 Å². The monoisotopic (exact) mass is 248 g/mol. The molecule has 0 aliphatic carbocycles. The second kappa shape index (κ2) is 10.1. The summed E-state index contributed by atoms with van der Waals surface area (Å²) < 4.78 is 2.24. The molecule has 1 rings (SSSR count). The van der Waals surface area contributed by atoms with Gasteiger partial charge in [0.1, 0.15) is 7.05 Å². The molecule has 0 saturated carbocycles. The predicted molar refractivity (Wildman–Crippen MR) is 78.5 cm³/mol. The molecular weight excluding hydrogens is 218 g/mol. The van der Waals surface area contributed by atoms with Crippen LogP contribution in [0.3, 0.4) is 0 Å². The Morgan fingerprint density at radius 3 is 2.06 bits per heavy atom. The quantitative estimate of drug-likeness (QED) is 0.421. The van der Waals surface area contributed by atoms with Gasteiger partial charge in [0, 0.05) is 18.6 Å². The first-order valence-electron chi connectivity index (χ1n) is 7.78. The number of hydrogen-bond acceptors (Lipinski definition) is 0. The second-order valence-electron chi connectivity index (χ2n) is 5.38. The van der Waals surface area contributed by atoms with Gasteiger partial charge in [0.25, 0.3) is 0 Å². The zero-order chi connectivity index (χ0) is 13.1. The van der Waals surface area contributed by atoms with Gasteiger partial charge in [-0.15, -0.1) is 0 Å². The predicted octanol–water partition coefficient (Wildman–Crippen LogP) is 4.58. The van der Waals surface area contributed by atoms with Gasteiger partial charge in [-0.3, -0.25) is 0 Å². The van der Waals surface area contributed by atoms with Crippen LogP contribution in [0.25, 0.3) is 0 Å². The summed E-state index contributed by atoms with van der Waals surface area (Å²) in [6.45, 7) is 2.28. The van der Waals surface area contributed by atoms with Crippen LogP contribution < -0.4 is 4.57 Å². The minimum atomic E-state index is 1.23. The molecule has 0 amide bonds. The molecule has 0 radical (unpaired) electrons. The van der Waals surface area contributed by atoms with Crippen molar-refractivity contribution in [3.63, 3.8) is 0 Å². The molecule has 0 aliphatic rings. The van der Waals surface area contributed by atoms with E-state index in [2.05, 4.69) is 42.9 Å². The third-order valence-electron chi connectivity index (χ3n) is 3.70. The first-order chi connectivity index (χ1) is 8.84. The van der Waals surface area contributed by atoms with E-state index in [1.54, 1.807) is 0 Å². The Bertz CT molecular complexity index is 306. The Morgan fingerprint density at radius 2 is 1.44 bits per heavy atom. The van der Waals surface area contributed by atoms with Crippen LogP contribution in [0.4, 0.5) is 0 Å². The third-order valence-corrected chi connectivity index (χ3v) is 3.70. The topological polar surface area (TPSA) is 3.88 Å². The highest BCUT2D eigenvalue weighted by molar-refractivity contribution is 4.96. The van der Waals surface area contributed by atoms with Crippen LogP contribution in [-0.2, 0) is 13.5 Å². The van der Waals surface area contributed by atoms with E-state index in [1.807, 2.05) is 0 Å². The van der Waals surface area contributed by atoms with Gasteiger partial charge in [-0.1, -0.05) is 64.4 Å². The van der Waals surface area contributed by atoms with Crippen molar-refractivity contribution in [2.24, 2.45) is 7.05 Å². The van der Waals surface area contributed by atoms with E-state index in [0.29, 0.717) is 0 Å². The first-order valence-corrected chi connectivity index (χ1v) is 7.78. The van der Waals surface area contributed by atoms with Gasteiger partial charge in [-0.2, -0.15) is 0 Å². The molecule has 1 heterocycles. The summed E-state index contributed by atoms with van der Waals surface area (Å²) in [5, 5.41) is 0. The average Bonchev–Trinajstić information content (AvgIpc) is 2.39. The van der Waals surface area contributed by atoms with Crippen molar-refractivity contribution in [3.8, 4) is 0 Å². The molecule has 0 spiro atoms. The van der Waals surface area contributed by atoms with Crippen LogP contribution in [0.5, 0.6) is 0 Å². The normalized spacial score (nSPS) is 10.8. The van der Waals surface area contributed by atoms with E-state index in [-0.39, 0.29) is 0 Å². The highest BCUT2D eigenvalue weighted by atomic mass is 14.9. The minimum Gasteiger partial charge on any atom is -0.205 e. The Labute approximate surface area is 113 Å². The summed E-state index contributed by atoms with van der Waals surface area (Å²) in [6, 6.07) is 6.48. The number of unbranched alkanes of at least 4 members (excludes halogenated alkanes) is 8. The van der Waals surface area contributed by atoms with Crippen LogP contribution in [0.1, 0.15) is 70.4 Å². The summed E-state index contributed by atoms with van der Waals surface area (Å²) in [5.74, 6) is 0. The summed E-state index contributed by atoms with van der Waals surface area (Å²) in [6.07, 6.45) is 16.1. The Morgan fingerprint density at radius 1 is 0.833 bits per heavy atom. The van der Waals surface area contributed by atoms with Gasteiger partial charge in [-0.25, -0.2) is 4.57 Å². The lowest BCUT2D eigenvalue weighted by atomic mass is 10.1. The van der Waals surface area contributed by atoms with Crippen LogP contribution in [-0.4, -0.2) is 0 Å². The maximum absolute atomic E-state index is 2.28. The zero-order valence-corrected chi connectivity index (χ0v) is 12.3. The lowest BCUT2D eigenvalue weighted by Gasteiger charge is -2.02. The number of nitrogens with zero attached hydrogens (tertiary/aromatic N) is 1. The van der Waals surface area contributed by atoms with Gasteiger partial charge in [0.15, 0.2) is 11.9 Å². The molecule has 0 N–H and O–H groups in total. The SMILES string of the molecule is CCCCCCCCCCCc1cccc[n+]1C. The summed E-state index contributed by atoms with van der Waals surface area (Å²) in [5.41, 5.74) is 1.46. The van der Waals surface area contributed by atoms with Crippen molar-refractivity contribution in [2.75, 3.05) is 0 Å². The molecule has 0 saturated heterocycles. The van der Waals surface area contributed by atoms with E-state index >= 15 is 0 Å². The van der Waals surface area contributed by atoms with Gasteiger partial charge in [-0.05, 0) is 6.42 Å². The van der Waals surface area contributed by atoms with Gasteiger partial charge in [0.2, 0.25) is 0 Å². The summed E-state index contributed by atoms with van der Waals surface area (Å²) in [7, 11) is 2.14. The van der Waals surface area contributed by atoms with E-state index in [0.717, 1.165) is 0 Å². The number of rotatable bonds is 10. The number of aromatic nitrogens is 1.